The summed E-state index contributed by atoms with van der Waals surface area (Å²) in [6.45, 7) is 1.24. The lowest BCUT2D eigenvalue weighted by molar-refractivity contribution is -0.543. The maximum absolute atomic E-state index is 10.0. The quantitative estimate of drug-likeness (QED) is 0.404. The predicted octanol–water partition coefficient (Wildman–Crippen LogP) is -1.37. The first-order valence-electron chi connectivity index (χ1n) is 1.61. The van der Waals surface area contributed by atoms with E-state index >= 15 is 0 Å². The van der Waals surface area contributed by atoms with E-state index in [9.17, 15) is 5.11 Å². The third kappa shape index (κ3) is 3.88. The summed E-state index contributed by atoms with van der Waals surface area (Å²) in [5.41, 5.74) is 4.76. The summed E-state index contributed by atoms with van der Waals surface area (Å²) in [5.74, 6) is -1.71. The first kappa shape index (κ1) is 5.88. The van der Waals surface area contributed by atoms with E-state index in [0.717, 1.165) is 0 Å². The molecule has 0 heterocycles. The minimum atomic E-state index is -1.71. The summed E-state index contributed by atoms with van der Waals surface area (Å²) in [6, 6.07) is 0. The molecule has 0 aromatic heterocycles. The van der Waals surface area contributed by atoms with Crippen molar-refractivity contribution in [2.75, 3.05) is 7.11 Å². The van der Waals surface area contributed by atoms with Crippen LogP contribution in [-0.2, 0) is 4.74 Å². The van der Waals surface area contributed by atoms with Gasteiger partial charge < -0.3 is 15.6 Å². The molecule has 38 valence electrons. The number of hydrogen-bond donors (Lipinski definition) is 1. The van der Waals surface area contributed by atoms with Crippen LogP contribution in [0.5, 0.6) is 0 Å². The Hall–Kier alpha value is -0.120. The van der Waals surface area contributed by atoms with Gasteiger partial charge in [0.25, 0.3) is 0 Å². The molecular formula is C3H8NO2-. The Balaban J connectivity index is 3.17. The molecule has 1 atom stereocenters. The Morgan fingerprint density at radius 1 is 1.83 bits per heavy atom. The van der Waals surface area contributed by atoms with E-state index in [-0.39, 0.29) is 0 Å². The molecule has 6 heavy (non-hydrogen) atoms. The van der Waals surface area contributed by atoms with Crippen LogP contribution in [0.3, 0.4) is 0 Å². The SMILES string of the molecule is COC(C)(N)[O-]. The summed E-state index contributed by atoms with van der Waals surface area (Å²) in [4.78, 5) is 0. The van der Waals surface area contributed by atoms with Gasteiger partial charge in [0, 0.05) is 13.0 Å². The molecule has 0 fully saturated rings. The van der Waals surface area contributed by atoms with Crippen molar-refractivity contribution in [1.29, 1.82) is 0 Å². The van der Waals surface area contributed by atoms with Crippen molar-refractivity contribution in [2.24, 2.45) is 5.73 Å². The van der Waals surface area contributed by atoms with Crippen LogP contribution in [0.2, 0.25) is 0 Å². The Morgan fingerprint density at radius 3 is 2.00 bits per heavy atom. The van der Waals surface area contributed by atoms with Crippen molar-refractivity contribution >= 4 is 0 Å². The van der Waals surface area contributed by atoms with Gasteiger partial charge in [0.15, 0.2) is 0 Å². The number of nitrogens with two attached hydrogens (primary N) is 1. The molecule has 0 amide bonds. The molecule has 0 aliphatic carbocycles. The first-order valence-corrected chi connectivity index (χ1v) is 1.61. The number of hydrogen-bond acceptors (Lipinski definition) is 3. The Kier molecular flexibility index (Phi) is 1.52. The third-order valence-corrected chi connectivity index (χ3v) is 0.405. The van der Waals surface area contributed by atoms with Gasteiger partial charge in [-0.15, -0.1) is 0 Å². The standard InChI is InChI=1S/C3H8NO2/c1-3(4,5)6-2/h4H2,1-2H3/q-1. The second-order valence-electron chi connectivity index (χ2n) is 1.22. The van der Waals surface area contributed by atoms with Gasteiger partial charge in [0.05, 0.1) is 0 Å². The summed E-state index contributed by atoms with van der Waals surface area (Å²) in [7, 11) is 1.27. The number of rotatable bonds is 1. The van der Waals surface area contributed by atoms with E-state index in [4.69, 9.17) is 5.73 Å². The monoisotopic (exact) mass is 90.1 g/mol. The fourth-order valence-electron chi connectivity index (χ4n) is 0. The molecule has 0 saturated carbocycles. The normalized spacial score (nSPS) is 20.0. The largest absolute Gasteiger partial charge is 0.817 e. The van der Waals surface area contributed by atoms with E-state index < -0.39 is 5.91 Å². The molecule has 1 unspecified atom stereocenters. The highest BCUT2D eigenvalue weighted by molar-refractivity contribution is 4.36. The minimum absolute atomic E-state index is 1.24. The molecule has 0 rings (SSSR count). The van der Waals surface area contributed by atoms with Crippen LogP contribution in [0.1, 0.15) is 6.92 Å². The van der Waals surface area contributed by atoms with Crippen molar-refractivity contribution in [3.8, 4) is 0 Å². The first-order chi connectivity index (χ1) is 2.56. The maximum atomic E-state index is 10.0. The lowest BCUT2D eigenvalue weighted by Gasteiger charge is -2.28. The van der Waals surface area contributed by atoms with E-state index in [1.54, 1.807) is 0 Å². The molecule has 0 aliphatic heterocycles. The third-order valence-electron chi connectivity index (χ3n) is 0.405. The molecule has 3 nitrogen and oxygen atoms in total. The summed E-state index contributed by atoms with van der Waals surface area (Å²) < 4.78 is 4.16. The van der Waals surface area contributed by atoms with Gasteiger partial charge in [-0.05, 0) is 6.92 Å². The summed E-state index contributed by atoms with van der Waals surface area (Å²) in [5, 5.41) is 10.0. The Labute approximate surface area is 36.7 Å². The van der Waals surface area contributed by atoms with E-state index in [1.165, 1.54) is 14.0 Å². The van der Waals surface area contributed by atoms with Crippen LogP contribution in [0.25, 0.3) is 0 Å². The van der Waals surface area contributed by atoms with Gasteiger partial charge in [-0.2, -0.15) is 0 Å². The molecule has 0 aliphatic rings. The highest BCUT2D eigenvalue weighted by Gasteiger charge is 1.93. The lowest BCUT2D eigenvalue weighted by Crippen LogP contribution is -2.51. The smallest absolute Gasteiger partial charge is 0.0401 e. The second-order valence-corrected chi connectivity index (χ2v) is 1.22. The molecule has 0 bridgehead atoms. The van der Waals surface area contributed by atoms with Gasteiger partial charge in [-0.3, -0.25) is 0 Å². The topological polar surface area (TPSA) is 58.3 Å². The van der Waals surface area contributed by atoms with Crippen LogP contribution in [0, 0.1) is 0 Å². The zero-order valence-corrected chi connectivity index (χ0v) is 3.89. The molecule has 0 spiro atoms. The minimum Gasteiger partial charge on any atom is -0.817 e. The fraction of sp³-hybridized carbons (Fsp3) is 1.00. The average molecular weight is 90.1 g/mol. The van der Waals surface area contributed by atoms with E-state index in [1.807, 2.05) is 0 Å². The molecule has 0 saturated heterocycles. The van der Waals surface area contributed by atoms with Crippen molar-refractivity contribution in [2.45, 2.75) is 12.8 Å². The highest BCUT2D eigenvalue weighted by atomic mass is 16.6. The molecule has 3 heteroatoms. The van der Waals surface area contributed by atoms with Crippen LogP contribution < -0.4 is 10.8 Å². The van der Waals surface area contributed by atoms with E-state index in [0.29, 0.717) is 0 Å². The summed E-state index contributed by atoms with van der Waals surface area (Å²) >= 11 is 0. The van der Waals surface area contributed by atoms with Crippen molar-refractivity contribution in [3.63, 3.8) is 0 Å². The predicted molar refractivity (Wildman–Crippen MR) is 19.6 cm³/mol. The van der Waals surface area contributed by atoms with Crippen LogP contribution >= 0.6 is 0 Å². The number of ether oxygens (including phenoxy) is 1. The lowest BCUT2D eigenvalue weighted by atomic mass is 10.6. The fourth-order valence-corrected chi connectivity index (χ4v) is 0. The molecule has 0 aromatic carbocycles. The van der Waals surface area contributed by atoms with Gasteiger partial charge in [0.2, 0.25) is 0 Å². The zero-order chi connectivity index (χ0) is 5.21. The maximum Gasteiger partial charge on any atom is 0.0401 e. The molecule has 0 radical (unpaired) electrons. The van der Waals surface area contributed by atoms with Gasteiger partial charge in [-0.25, -0.2) is 0 Å². The van der Waals surface area contributed by atoms with Gasteiger partial charge >= 0.3 is 0 Å². The Morgan fingerprint density at radius 2 is 2.00 bits per heavy atom. The average Bonchev–Trinajstić information content (AvgIpc) is 1.35. The summed E-state index contributed by atoms with van der Waals surface area (Å²) in [6.07, 6.45) is 0. The van der Waals surface area contributed by atoms with Crippen LogP contribution in [0.15, 0.2) is 0 Å². The molecule has 0 aromatic rings. The molecule has 2 N–H and O–H groups in total. The van der Waals surface area contributed by atoms with E-state index in [2.05, 4.69) is 4.74 Å². The van der Waals surface area contributed by atoms with Crippen molar-refractivity contribution in [3.05, 3.63) is 0 Å². The van der Waals surface area contributed by atoms with Crippen molar-refractivity contribution in [1.82, 2.24) is 0 Å². The zero-order valence-electron chi connectivity index (χ0n) is 3.89. The highest BCUT2D eigenvalue weighted by Crippen LogP contribution is 1.81. The second kappa shape index (κ2) is 1.55. The van der Waals surface area contributed by atoms with Gasteiger partial charge in [-0.1, -0.05) is 0 Å². The molecular weight excluding hydrogens is 82.0 g/mol. The van der Waals surface area contributed by atoms with Crippen LogP contribution in [0.4, 0.5) is 0 Å². The van der Waals surface area contributed by atoms with Gasteiger partial charge in [0.1, 0.15) is 0 Å². The number of methoxy groups -OCH3 is 1. The Bertz CT molecular complexity index is 38.5. The van der Waals surface area contributed by atoms with Crippen molar-refractivity contribution < 1.29 is 9.84 Å². The van der Waals surface area contributed by atoms with Crippen LogP contribution in [-0.4, -0.2) is 13.0 Å².